The lowest BCUT2D eigenvalue weighted by Crippen LogP contribution is -2.60. The Morgan fingerprint density at radius 1 is 1.19 bits per heavy atom. The van der Waals surface area contributed by atoms with Crippen LogP contribution in [0.1, 0.15) is 51.5 Å². The van der Waals surface area contributed by atoms with Gasteiger partial charge in [0.25, 0.3) is 0 Å². The molecule has 1 fully saturated rings. The average molecular weight is 440 g/mol. The molecule has 1 heterocycles. The summed E-state index contributed by atoms with van der Waals surface area (Å²) >= 11 is 0. The highest BCUT2D eigenvalue weighted by atomic mass is 19.1. The fourth-order valence-corrected chi connectivity index (χ4v) is 4.05. The van der Waals surface area contributed by atoms with E-state index >= 15 is 0 Å². The molecule has 2 amide bonds. The Kier molecular flexibility index (Phi) is 7.98. The molecule has 1 N–H and O–H groups in total. The molecule has 0 bridgehead atoms. The number of carbonyl (C=O) groups is 2. The summed E-state index contributed by atoms with van der Waals surface area (Å²) in [6.07, 6.45) is 10.1. The number of carbonyl (C=O) groups excluding carboxylic acids is 2. The predicted octanol–water partition coefficient (Wildman–Crippen LogP) is 4.71. The first-order chi connectivity index (χ1) is 15.5. The SMILES string of the molecule is CCN(CC)C(=O)C1(NC(=O)/C=C/c2ccc(Oc3cccnc3)c(F)c2)CCCCC1. The van der Waals surface area contributed by atoms with Crippen LogP contribution in [0, 0.1) is 5.82 Å². The van der Waals surface area contributed by atoms with E-state index in [9.17, 15) is 14.0 Å². The third-order valence-corrected chi connectivity index (χ3v) is 5.77. The highest BCUT2D eigenvalue weighted by Crippen LogP contribution is 2.30. The van der Waals surface area contributed by atoms with Crippen LogP contribution in [0.5, 0.6) is 11.5 Å². The van der Waals surface area contributed by atoms with Gasteiger partial charge in [0, 0.05) is 25.4 Å². The Bertz CT molecular complexity index is 952. The van der Waals surface area contributed by atoms with E-state index in [1.54, 1.807) is 29.3 Å². The molecule has 1 aliphatic rings. The van der Waals surface area contributed by atoms with Gasteiger partial charge in [-0.3, -0.25) is 14.6 Å². The number of pyridine rings is 1. The Hall–Kier alpha value is -3.22. The third kappa shape index (κ3) is 5.72. The number of likely N-dealkylation sites (N-methyl/N-ethyl adjacent to an activating group) is 1. The number of amides is 2. The lowest BCUT2D eigenvalue weighted by Gasteiger charge is -2.39. The molecule has 170 valence electrons. The van der Waals surface area contributed by atoms with E-state index in [2.05, 4.69) is 10.3 Å². The van der Waals surface area contributed by atoms with Crippen molar-refractivity contribution in [3.63, 3.8) is 0 Å². The molecule has 0 saturated heterocycles. The van der Waals surface area contributed by atoms with Crippen LogP contribution in [-0.2, 0) is 9.59 Å². The molecular weight excluding hydrogens is 409 g/mol. The number of nitrogens with one attached hydrogen (secondary N) is 1. The highest BCUT2D eigenvalue weighted by molar-refractivity contribution is 5.97. The largest absolute Gasteiger partial charge is 0.453 e. The normalized spacial score (nSPS) is 15.3. The van der Waals surface area contributed by atoms with Crippen molar-refractivity contribution in [3.05, 3.63) is 60.2 Å². The lowest BCUT2D eigenvalue weighted by molar-refractivity contribution is -0.142. The summed E-state index contributed by atoms with van der Waals surface area (Å²) in [5, 5.41) is 2.97. The lowest BCUT2D eigenvalue weighted by atomic mass is 9.80. The number of aromatic nitrogens is 1. The minimum Gasteiger partial charge on any atom is -0.453 e. The van der Waals surface area contributed by atoms with E-state index in [1.165, 1.54) is 30.5 Å². The van der Waals surface area contributed by atoms with Crippen molar-refractivity contribution < 1.29 is 18.7 Å². The van der Waals surface area contributed by atoms with Gasteiger partial charge in [-0.25, -0.2) is 4.39 Å². The zero-order valence-electron chi connectivity index (χ0n) is 18.6. The van der Waals surface area contributed by atoms with E-state index in [-0.39, 0.29) is 17.6 Å². The number of ether oxygens (including phenoxy) is 1. The summed E-state index contributed by atoms with van der Waals surface area (Å²) < 4.78 is 19.9. The number of halogens is 1. The fourth-order valence-electron chi connectivity index (χ4n) is 4.05. The summed E-state index contributed by atoms with van der Waals surface area (Å²) in [5.41, 5.74) is -0.345. The maximum Gasteiger partial charge on any atom is 0.248 e. The monoisotopic (exact) mass is 439 g/mol. The second kappa shape index (κ2) is 10.9. The van der Waals surface area contributed by atoms with Gasteiger partial charge in [0.05, 0.1) is 6.20 Å². The zero-order valence-corrected chi connectivity index (χ0v) is 18.6. The van der Waals surface area contributed by atoms with Crippen LogP contribution in [0.15, 0.2) is 48.8 Å². The first-order valence-electron chi connectivity index (χ1n) is 11.1. The molecular formula is C25H30FN3O3. The number of rotatable bonds is 8. The molecule has 0 atom stereocenters. The number of hydrogen-bond acceptors (Lipinski definition) is 4. The van der Waals surface area contributed by atoms with Crippen molar-refractivity contribution >= 4 is 17.9 Å². The highest BCUT2D eigenvalue weighted by Gasteiger charge is 2.42. The van der Waals surface area contributed by atoms with Crippen molar-refractivity contribution in [1.29, 1.82) is 0 Å². The molecule has 0 aliphatic heterocycles. The van der Waals surface area contributed by atoms with Crippen LogP contribution in [-0.4, -0.2) is 40.3 Å². The van der Waals surface area contributed by atoms with Crippen molar-refractivity contribution in [2.75, 3.05) is 13.1 Å². The molecule has 1 aromatic heterocycles. The van der Waals surface area contributed by atoms with E-state index in [0.717, 1.165) is 19.3 Å². The molecule has 1 aliphatic carbocycles. The van der Waals surface area contributed by atoms with Gasteiger partial charge in [0.15, 0.2) is 11.6 Å². The summed E-state index contributed by atoms with van der Waals surface area (Å²) in [6, 6.07) is 7.85. The molecule has 1 saturated carbocycles. The molecule has 2 aromatic rings. The summed E-state index contributed by atoms with van der Waals surface area (Å²) in [6.45, 7) is 5.09. The van der Waals surface area contributed by atoms with Gasteiger partial charge in [0.2, 0.25) is 11.8 Å². The number of hydrogen-bond donors (Lipinski definition) is 1. The van der Waals surface area contributed by atoms with Gasteiger partial charge in [-0.2, -0.15) is 0 Å². The molecule has 1 aromatic carbocycles. The minimum absolute atomic E-state index is 0.0214. The topological polar surface area (TPSA) is 71.5 Å². The van der Waals surface area contributed by atoms with Gasteiger partial charge in [-0.05, 0) is 62.6 Å². The smallest absolute Gasteiger partial charge is 0.248 e. The first kappa shape index (κ1) is 23.4. The summed E-state index contributed by atoms with van der Waals surface area (Å²) in [7, 11) is 0. The number of nitrogens with zero attached hydrogens (tertiary/aromatic N) is 2. The average Bonchev–Trinajstić information content (AvgIpc) is 2.81. The second-order valence-corrected chi connectivity index (χ2v) is 7.92. The van der Waals surface area contributed by atoms with Gasteiger partial charge in [-0.1, -0.05) is 25.3 Å². The standard InChI is InChI=1S/C25H30FN3O3/c1-3-29(4-2)24(31)25(14-6-5-7-15-25)28-23(30)13-11-19-10-12-22(21(26)17-19)32-20-9-8-16-27-18-20/h8-13,16-18H,3-7,14-15H2,1-2H3,(H,28,30)/b13-11+. The van der Waals surface area contributed by atoms with Crippen molar-refractivity contribution in [2.45, 2.75) is 51.5 Å². The van der Waals surface area contributed by atoms with Gasteiger partial charge < -0.3 is 15.0 Å². The maximum absolute atomic E-state index is 14.4. The van der Waals surface area contributed by atoms with Crippen LogP contribution in [0.4, 0.5) is 4.39 Å². The van der Waals surface area contributed by atoms with Crippen LogP contribution in [0.2, 0.25) is 0 Å². The first-order valence-corrected chi connectivity index (χ1v) is 11.1. The van der Waals surface area contributed by atoms with Crippen molar-refractivity contribution in [1.82, 2.24) is 15.2 Å². The fraction of sp³-hybridized carbons (Fsp3) is 0.400. The van der Waals surface area contributed by atoms with Crippen LogP contribution < -0.4 is 10.1 Å². The Labute approximate surface area is 188 Å². The molecule has 6 nitrogen and oxygen atoms in total. The summed E-state index contributed by atoms with van der Waals surface area (Å²) in [4.78, 5) is 31.5. The van der Waals surface area contributed by atoms with E-state index in [0.29, 0.717) is 37.2 Å². The molecule has 32 heavy (non-hydrogen) atoms. The van der Waals surface area contributed by atoms with E-state index < -0.39 is 11.4 Å². The number of benzene rings is 1. The predicted molar refractivity (Wildman–Crippen MR) is 122 cm³/mol. The molecule has 0 radical (unpaired) electrons. The summed E-state index contributed by atoms with van der Waals surface area (Å²) in [5.74, 6) is -0.414. The molecule has 7 heteroatoms. The van der Waals surface area contributed by atoms with Gasteiger partial charge >= 0.3 is 0 Å². The minimum atomic E-state index is -0.863. The molecule has 0 unspecified atom stereocenters. The Morgan fingerprint density at radius 2 is 1.94 bits per heavy atom. The van der Waals surface area contributed by atoms with E-state index in [4.69, 9.17) is 4.74 Å². The maximum atomic E-state index is 14.4. The van der Waals surface area contributed by atoms with Crippen molar-refractivity contribution in [3.8, 4) is 11.5 Å². The van der Waals surface area contributed by atoms with Crippen molar-refractivity contribution in [2.24, 2.45) is 0 Å². The van der Waals surface area contributed by atoms with Crippen LogP contribution >= 0.6 is 0 Å². The van der Waals surface area contributed by atoms with Gasteiger partial charge in [-0.15, -0.1) is 0 Å². The van der Waals surface area contributed by atoms with E-state index in [1.807, 2.05) is 13.8 Å². The van der Waals surface area contributed by atoms with Gasteiger partial charge in [0.1, 0.15) is 11.3 Å². The Morgan fingerprint density at radius 3 is 2.56 bits per heavy atom. The second-order valence-electron chi connectivity index (χ2n) is 7.92. The Balaban J connectivity index is 1.69. The molecule has 3 rings (SSSR count). The quantitative estimate of drug-likeness (QED) is 0.605. The van der Waals surface area contributed by atoms with Crippen LogP contribution in [0.25, 0.3) is 6.08 Å². The van der Waals surface area contributed by atoms with Crippen LogP contribution in [0.3, 0.4) is 0 Å². The molecule has 0 spiro atoms. The zero-order chi connectivity index (χ0) is 23.0. The third-order valence-electron chi connectivity index (χ3n) is 5.77.